The summed E-state index contributed by atoms with van der Waals surface area (Å²) in [4.78, 5) is 16.0. The zero-order valence-corrected chi connectivity index (χ0v) is 40.8. The molecule has 0 N–H and O–H groups in total. The van der Waals surface area contributed by atoms with E-state index in [0.717, 1.165) is 94.0 Å². The van der Waals surface area contributed by atoms with Crippen LogP contribution in [-0.2, 0) is 10.8 Å². The van der Waals surface area contributed by atoms with Crippen LogP contribution in [0.1, 0.15) is 58.2 Å². The highest BCUT2D eigenvalue weighted by Gasteiger charge is 2.25. The van der Waals surface area contributed by atoms with Crippen molar-refractivity contribution in [2.45, 2.75) is 52.4 Å². The Labute approximate surface area is 413 Å². The molecule has 12 rings (SSSR count). The Morgan fingerprint density at radius 3 is 1.59 bits per heavy atom. The second-order valence-electron chi connectivity index (χ2n) is 20.5. The van der Waals surface area contributed by atoms with Crippen LogP contribution in [0.2, 0.25) is 0 Å². The summed E-state index contributed by atoms with van der Waals surface area (Å²) in [5.74, 6) is 1.62. The Bertz CT molecular complexity index is 4080. The summed E-state index contributed by atoms with van der Waals surface area (Å²) in [6.07, 6.45) is 10.0. The van der Waals surface area contributed by atoms with Gasteiger partial charge in [0.1, 0.15) is 22.3 Å². The summed E-state index contributed by atoms with van der Waals surface area (Å²) >= 11 is 0. The van der Waals surface area contributed by atoms with Crippen LogP contribution in [0, 0.1) is 0 Å². The fourth-order valence-corrected chi connectivity index (χ4v) is 9.99. The molecule has 0 aliphatic heterocycles. The number of para-hydroxylation sites is 2. The molecule has 12 aromatic rings. The predicted octanol–water partition coefficient (Wildman–Crippen LogP) is 17.8. The van der Waals surface area contributed by atoms with E-state index >= 15 is 0 Å². The molecule has 0 fully saturated rings. The van der Waals surface area contributed by atoms with Crippen molar-refractivity contribution in [3.63, 3.8) is 0 Å². The number of allylic oxidation sites excluding steroid dienone is 4. The first-order valence-corrected chi connectivity index (χ1v) is 24.3. The zero-order chi connectivity index (χ0) is 48.6. The van der Waals surface area contributed by atoms with Gasteiger partial charge >= 0.3 is 0 Å². The van der Waals surface area contributed by atoms with Crippen LogP contribution in [-0.4, -0.2) is 19.5 Å². The normalized spacial score (nSPS) is 12.6. The monoisotopic (exact) mass is 920 g/mol. The molecule has 0 saturated carbocycles. The maximum absolute atomic E-state index is 6.41. The molecule has 0 saturated heterocycles. The Morgan fingerprint density at radius 2 is 0.958 bits per heavy atom. The third kappa shape index (κ3) is 7.73. The smallest absolute Gasteiger partial charge is 0.164 e. The number of hydrogen-bond donors (Lipinski definition) is 0. The fourth-order valence-electron chi connectivity index (χ4n) is 9.99. The zero-order valence-electron chi connectivity index (χ0n) is 40.8. The third-order valence-electron chi connectivity index (χ3n) is 13.7. The largest absolute Gasteiger partial charge is 0.456 e. The lowest BCUT2D eigenvalue weighted by molar-refractivity contribution is 0.590. The van der Waals surface area contributed by atoms with Gasteiger partial charge in [-0.15, -0.1) is 0 Å². The minimum Gasteiger partial charge on any atom is -0.456 e. The van der Waals surface area contributed by atoms with Gasteiger partial charge in [-0.05, 0) is 112 Å². The molecule has 8 aromatic carbocycles. The molecule has 0 bridgehead atoms. The van der Waals surface area contributed by atoms with Crippen molar-refractivity contribution in [2.75, 3.05) is 0 Å². The molecular weight excluding hydrogens is 869 g/mol. The average molecular weight is 921 g/mol. The third-order valence-corrected chi connectivity index (χ3v) is 13.7. The van der Waals surface area contributed by atoms with E-state index in [-0.39, 0.29) is 10.8 Å². The van der Waals surface area contributed by atoms with Crippen LogP contribution in [0.25, 0.3) is 123 Å². The number of benzene rings is 8. The van der Waals surface area contributed by atoms with Crippen LogP contribution < -0.4 is 0 Å². The van der Waals surface area contributed by atoms with Gasteiger partial charge in [-0.1, -0.05) is 163 Å². The van der Waals surface area contributed by atoms with Gasteiger partial charge < -0.3 is 13.4 Å². The number of rotatable bonds is 8. The van der Waals surface area contributed by atoms with Crippen molar-refractivity contribution >= 4 is 71.8 Å². The van der Waals surface area contributed by atoms with Crippen LogP contribution >= 0.6 is 0 Å². The molecule has 4 aromatic heterocycles. The summed E-state index contributed by atoms with van der Waals surface area (Å²) in [7, 11) is 0. The second-order valence-corrected chi connectivity index (χ2v) is 20.5. The van der Waals surface area contributed by atoms with E-state index in [1.54, 1.807) is 6.08 Å². The highest BCUT2D eigenvalue weighted by molar-refractivity contribution is 6.11. The highest BCUT2D eigenvalue weighted by Crippen LogP contribution is 2.44. The van der Waals surface area contributed by atoms with E-state index < -0.39 is 0 Å². The molecule has 0 unspecified atom stereocenters. The first-order chi connectivity index (χ1) is 34.4. The summed E-state index contributed by atoms with van der Waals surface area (Å²) in [5.41, 5.74) is 14.7. The number of furan rings is 2. The molecule has 6 heteroatoms. The van der Waals surface area contributed by atoms with Crippen molar-refractivity contribution < 1.29 is 8.83 Å². The van der Waals surface area contributed by atoms with Crippen LogP contribution in [0.3, 0.4) is 0 Å². The molecule has 0 aliphatic rings. The van der Waals surface area contributed by atoms with Crippen LogP contribution in [0.5, 0.6) is 0 Å². The minimum atomic E-state index is -0.0371. The van der Waals surface area contributed by atoms with Crippen molar-refractivity contribution in [1.82, 2.24) is 19.5 Å². The van der Waals surface area contributed by atoms with Crippen LogP contribution in [0.4, 0.5) is 0 Å². The van der Waals surface area contributed by atoms with Gasteiger partial charge in [0.05, 0.1) is 16.7 Å². The Morgan fingerprint density at radius 1 is 0.423 bits per heavy atom. The van der Waals surface area contributed by atoms with Gasteiger partial charge in [-0.25, -0.2) is 15.0 Å². The second kappa shape index (κ2) is 16.8. The topological polar surface area (TPSA) is 69.9 Å². The Balaban J connectivity index is 1.15. The standard InChI is InChI=1S/C65H52N4O2/c1-8-9-10-12-21-41-34-44(36-50(40-19-13-11-14-20-40)60(41)69-54-31-28-45(64(2,3)4)38-51(54)52-39-46(65(5,6)7)29-32-55(52)69)63-67-61(42-27-33-58-53(35-42)48-23-16-18-25-57(48)70-58)66-62(68-63)43-26-30-49-47-22-15-17-24-56(47)71-59(49)37-43/h8-39H,1H2,2-7H3/b10-9-,21-12+. The van der Waals surface area contributed by atoms with Gasteiger partial charge in [-0.3, -0.25) is 0 Å². The molecule has 0 atom stereocenters. The summed E-state index contributed by atoms with van der Waals surface area (Å²) < 4.78 is 15.1. The summed E-state index contributed by atoms with van der Waals surface area (Å²) in [6.45, 7) is 17.7. The SMILES string of the molecule is C=C/C=C\C=C\c1cc(-c2nc(-c3ccc4c(c3)oc3ccccc34)nc(-c3ccc4oc5ccccc5c4c3)n2)cc(-c2ccccc2)c1-n1c2ccc(C(C)(C)C)cc2c2cc(C(C)(C)C)ccc21. The number of fused-ring (bicyclic) bond motifs is 9. The van der Waals surface area contributed by atoms with Gasteiger partial charge in [0, 0.05) is 54.6 Å². The molecule has 344 valence electrons. The Hall–Kier alpha value is -8.61. The van der Waals surface area contributed by atoms with Crippen molar-refractivity contribution in [1.29, 1.82) is 0 Å². The quantitative estimate of drug-likeness (QED) is 0.142. The van der Waals surface area contributed by atoms with E-state index in [1.165, 1.54) is 21.9 Å². The number of hydrogen-bond acceptors (Lipinski definition) is 5. The maximum Gasteiger partial charge on any atom is 0.164 e. The summed E-state index contributed by atoms with van der Waals surface area (Å²) in [5, 5.41) is 6.58. The predicted molar refractivity (Wildman–Crippen MR) is 296 cm³/mol. The molecule has 6 nitrogen and oxygen atoms in total. The number of nitrogens with zero attached hydrogens (tertiary/aromatic N) is 4. The van der Waals surface area contributed by atoms with E-state index in [1.807, 2.05) is 66.7 Å². The molecule has 0 radical (unpaired) electrons. The van der Waals surface area contributed by atoms with E-state index in [9.17, 15) is 0 Å². The first kappa shape index (κ1) is 43.7. The first-order valence-electron chi connectivity index (χ1n) is 24.3. The lowest BCUT2D eigenvalue weighted by Crippen LogP contribution is -2.10. The maximum atomic E-state index is 6.41. The van der Waals surface area contributed by atoms with Crippen molar-refractivity contribution in [3.8, 4) is 51.0 Å². The molecular formula is C65H52N4O2. The van der Waals surface area contributed by atoms with E-state index in [0.29, 0.717) is 17.5 Å². The minimum absolute atomic E-state index is 0.0371. The average Bonchev–Trinajstić information content (AvgIpc) is 4.05. The highest BCUT2D eigenvalue weighted by atomic mass is 16.3. The molecule has 0 aliphatic carbocycles. The lowest BCUT2D eigenvalue weighted by Gasteiger charge is -2.21. The number of aromatic nitrogens is 4. The van der Waals surface area contributed by atoms with Crippen LogP contribution in [0.15, 0.2) is 204 Å². The lowest BCUT2D eigenvalue weighted by atomic mass is 9.85. The summed E-state index contributed by atoms with van der Waals surface area (Å²) in [6, 6.07) is 57.8. The molecule has 4 heterocycles. The van der Waals surface area contributed by atoms with E-state index in [4.69, 9.17) is 23.8 Å². The van der Waals surface area contributed by atoms with E-state index in [2.05, 4.69) is 174 Å². The van der Waals surface area contributed by atoms with Crippen molar-refractivity contribution in [3.05, 3.63) is 211 Å². The van der Waals surface area contributed by atoms with Gasteiger partial charge in [0.25, 0.3) is 0 Å². The van der Waals surface area contributed by atoms with Gasteiger partial charge in [0.15, 0.2) is 17.5 Å². The Kier molecular flexibility index (Phi) is 10.3. The fraction of sp³-hybridized carbons (Fsp3) is 0.123. The molecule has 0 spiro atoms. The van der Waals surface area contributed by atoms with Crippen molar-refractivity contribution in [2.24, 2.45) is 0 Å². The molecule has 0 amide bonds. The van der Waals surface area contributed by atoms with Gasteiger partial charge in [0.2, 0.25) is 0 Å². The molecule has 71 heavy (non-hydrogen) atoms. The van der Waals surface area contributed by atoms with Gasteiger partial charge in [-0.2, -0.15) is 0 Å².